The number of fused-ring (bicyclic) bond motifs is 1. The minimum Gasteiger partial charge on any atom is -0.308 e. The van der Waals surface area contributed by atoms with E-state index in [4.69, 9.17) is 4.98 Å². The molecule has 1 unspecified atom stereocenters. The standard InChI is InChI=1S/C17H19N3S/c1-2-10-18-15(13-7-5-6-11-19-13)12-17-20-14-8-3-4-9-16(14)21-17/h3-9,11,15,18H,2,10,12H2,1H3. The molecule has 21 heavy (non-hydrogen) atoms. The number of benzene rings is 1. The lowest BCUT2D eigenvalue weighted by molar-refractivity contribution is 0.517. The predicted molar refractivity (Wildman–Crippen MR) is 88.6 cm³/mol. The topological polar surface area (TPSA) is 37.8 Å². The van der Waals surface area contributed by atoms with Gasteiger partial charge in [-0.2, -0.15) is 0 Å². The molecule has 1 N–H and O–H groups in total. The molecule has 3 aromatic rings. The Morgan fingerprint density at radius 3 is 2.76 bits per heavy atom. The van der Waals surface area contributed by atoms with Crippen molar-refractivity contribution in [1.82, 2.24) is 15.3 Å². The maximum absolute atomic E-state index is 4.74. The largest absolute Gasteiger partial charge is 0.308 e. The summed E-state index contributed by atoms with van der Waals surface area (Å²) in [4.78, 5) is 9.23. The van der Waals surface area contributed by atoms with E-state index >= 15 is 0 Å². The van der Waals surface area contributed by atoms with Gasteiger partial charge in [0.15, 0.2) is 0 Å². The quantitative estimate of drug-likeness (QED) is 0.748. The molecule has 1 atom stereocenters. The van der Waals surface area contributed by atoms with Crippen LogP contribution in [0.4, 0.5) is 0 Å². The zero-order chi connectivity index (χ0) is 14.5. The smallest absolute Gasteiger partial charge is 0.0958 e. The lowest BCUT2D eigenvalue weighted by Crippen LogP contribution is -2.24. The highest BCUT2D eigenvalue weighted by molar-refractivity contribution is 7.18. The molecule has 2 aromatic heterocycles. The second-order valence-electron chi connectivity index (χ2n) is 5.04. The van der Waals surface area contributed by atoms with Gasteiger partial charge in [0.2, 0.25) is 0 Å². The third kappa shape index (κ3) is 3.46. The van der Waals surface area contributed by atoms with Gasteiger partial charge in [-0.1, -0.05) is 25.1 Å². The summed E-state index contributed by atoms with van der Waals surface area (Å²) in [6.45, 7) is 3.17. The molecule has 2 heterocycles. The highest BCUT2D eigenvalue weighted by Gasteiger charge is 2.15. The van der Waals surface area contributed by atoms with E-state index in [2.05, 4.69) is 41.5 Å². The van der Waals surface area contributed by atoms with E-state index in [1.54, 1.807) is 11.3 Å². The molecule has 0 fully saturated rings. The minimum absolute atomic E-state index is 0.228. The van der Waals surface area contributed by atoms with Gasteiger partial charge in [0.05, 0.1) is 27.0 Å². The van der Waals surface area contributed by atoms with Crippen molar-refractivity contribution in [2.45, 2.75) is 25.8 Å². The van der Waals surface area contributed by atoms with Crippen LogP contribution in [0.5, 0.6) is 0 Å². The van der Waals surface area contributed by atoms with Crippen LogP contribution in [0.2, 0.25) is 0 Å². The summed E-state index contributed by atoms with van der Waals surface area (Å²) in [5.41, 5.74) is 2.18. The van der Waals surface area contributed by atoms with Gasteiger partial charge in [-0.15, -0.1) is 11.3 Å². The van der Waals surface area contributed by atoms with Crippen molar-refractivity contribution in [1.29, 1.82) is 0 Å². The fourth-order valence-electron chi connectivity index (χ4n) is 2.36. The first-order chi connectivity index (χ1) is 10.4. The van der Waals surface area contributed by atoms with Crippen LogP contribution < -0.4 is 5.32 Å². The molecule has 0 bridgehead atoms. The molecule has 0 aliphatic carbocycles. The van der Waals surface area contributed by atoms with Crippen LogP contribution in [0, 0.1) is 0 Å². The average Bonchev–Trinajstić information content (AvgIpc) is 2.94. The Morgan fingerprint density at radius 1 is 1.14 bits per heavy atom. The van der Waals surface area contributed by atoms with Crippen molar-refractivity contribution in [3.05, 3.63) is 59.4 Å². The molecule has 0 saturated carbocycles. The van der Waals surface area contributed by atoms with Gasteiger partial charge in [0.1, 0.15) is 0 Å². The molecular formula is C17H19N3S. The Labute approximate surface area is 129 Å². The SMILES string of the molecule is CCCNC(Cc1nc2ccccc2s1)c1ccccn1. The van der Waals surface area contributed by atoms with Crippen LogP contribution in [0.3, 0.4) is 0 Å². The number of rotatable bonds is 6. The molecule has 0 aliphatic heterocycles. The summed E-state index contributed by atoms with van der Waals surface area (Å²) in [5.74, 6) is 0. The predicted octanol–water partition coefficient (Wildman–Crippen LogP) is 3.97. The highest BCUT2D eigenvalue weighted by Crippen LogP contribution is 2.25. The number of nitrogens with one attached hydrogen (secondary N) is 1. The Morgan fingerprint density at radius 2 is 2.00 bits per heavy atom. The Balaban J connectivity index is 1.83. The van der Waals surface area contributed by atoms with E-state index in [0.29, 0.717) is 0 Å². The lowest BCUT2D eigenvalue weighted by atomic mass is 10.1. The second-order valence-corrected chi connectivity index (χ2v) is 6.16. The van der Waals surface area contributed by atoms with Gasteiger partial charge in [-0.05, 0) is 37.2 Å². The molecule has 4 heteroatoms. The van der Waals surface area contributed by atoms with E-state index < -0.39 is 0 Å². The highest BCUT2D eigenvalue weighted by atomic mass is 32.1. The Bertz CT molecular complexity index is 660. The van der Waals surface area contributed by atoms with Gasteiger partial charge in [-0.3, -0.25) is 4.98 Å². The number of thiazole rings is 1. The van der Waals surface area contributed by atoms with Gasteiger partial charge in [0.25, 0.3) is 0 Å². The number of hydrogen-bond acceptors (Lipinski definition) is 4. The molecule has 1 aromatic carbocycles. The first kappa shape index (κ1) is 14.2. The molecule has 3 rings (SSSR count). The van der Waals surface area contributed by atoms with Crippen LogP contribution >= 0.6 is 11.3 Å². The molecule has 108 valence electrons. The van der Waals surface area contributed by atoms with Gasteiger partial charge >= 0.3 is 0 Å². The Kier molecular flexibility index (Phi) is 4.58. The van der Waals surface area contributed by atoms with Crippen molar-refractivity contribution in [3.8, 4) is 0 Å². The van der Waals surface area contributed by atoms with E-state index in [1.165, 1.54) is 4.70 Å². The van der Waals surface area contributed by atoms with Crippen molar-refractivity contribution in [2.24, 2.45) is 0 Å². The maximum Gasteiger partial charge on any atom is 0.0958 e. The van der Waals surface area contributed by atoms with Crippen LogP contribution in [0.25, 0.3) is 10.2 Å². The number of nitrogens with zero attached hydrogens (tertiary/aromatic N) is 2. The van der Waals surface area contributed by atoms with Crippen LogP contribution in [-0.4, -0.2) is 16.5 Å². The zero-order valence-electron chi connectivity index (χ0n) is 12.1. The van der Waals surface area contributed by atoms with E-state index in [9.17, 15) is 0 Å². The Hall–Kier alpha value is -1.78. The summed E-state index contributed by atoms with van der Waals surface area (Å²) in [7, 11) is 0. The number of aromatic nitrogens is 2. The third-order valence-corrected chi connectivity index (χ3v) is 4.46. The summed E-state index contributed by atoms with van der Waals surface area (Å²) in [6.07, 6.45) is 3.86. The fourth-order valence-corrected chi connectivity index (χ4v) is 3.38. The van der Waals surface area contributed by atoms with Crippen molar-refractivity contribution >= 4 is 21.6 Å². The first-order valence-corrected chi connectivity index (χ1v) is 8.17. The molecule has 0 amide bonds. The second kappa shape index (κ2) is 6.78. The van der Waals surface area contributed by atoms with Crippen LogP contribution in [-0.2, 0) is 6.42 Å². The third-order valence-electron chi connectivity index (χ3n) is 3.40. The monoisotopic (exact) mass is 297 g/mol. The number of pyridine rings is 1. The van der Waals surface area contributed by atoms with E-state index in [1.807, 2.05) is 24.4 Å². The number of hydrogen-bond donors (Lipinski definition) is 1. The van der Waals surface area contributed by atoms with Gasteiger partial charge < -0.3 is 5.32 Å². The normalized spacial score (nSPS) is 12.6. The maximum atomic E-state index is 4.74. The fraction of sp³-hybridized carbons (Fsp3) is 0.294. The van der Waals surface area contributed by atoms with Gasteiger partial charge in [-0.25, -0.2) is 4.98 Å². The van der Waals surface area contributed by atoms with Crippen molar-refractivity contribution in [2.75, 3.05) is 6.54 Å². The van der Waals surface area contributed by atoms with Crippen molar-refractivity contribution in [3.63, 3.8) is 0 Å². The van der Waals surface area contributed by atoms with E-state index in [0.717, 1.165) is 35.6 Å². The lowest BCUT2D eigenvalue weighted by Gasteiger charge is -2.16. The van der Waals surface area contributed by atoms with Crippen LogP contribution in [0.1, 0.15) is 30.1 Å². The first-order valence-electron chi connectivity index (χ1n) is 7.35. The molecule has 0 saturated heterocycles. The minimum atomic E-state index is 0.228. The van der Waals surface area contributed by atoms with Crippen molar-refractivity contribution < 1.29 is 0 Å². The van der Waals surface area contributed by atoms with Crippen LogP contribution in [0.15, 0.2) is 48.7 Å². The molecule has 0 aliphatic rings. The average molecular weight is 297 g/mol. The van der Waals surface area contributed by atoms with Gasteiger partial charge in [0, 0.05) is 12.6 Å². The molecular weight excluding hydrogens is 278 g/mol. The van der Waals surface area contributed by atoms with E-state index in [-0.39, 0.29) is 6.04 Å². The zero-order valence-corrected chi connectivity index (χ0v) is 12.9. The molecule has 3 nitrogen and oxygen atoms in total. The summed E-state index contributed by atoms with van der Waals surface area (Å²) < 4.78 is 1.25. The summed E-state index contributed by atoms with van der Waals surface area (Å²) in [6, 6.07) is 14.6. The molecule has 0 spiro atoms. The molecule has 0 radical (unpaired) electrons. The summed E-state index contributed by atoms with van der Waals surface area (Å²) >= 11 is 1.77. The number of para-hydroxylation sites is 1. The summed E-state index contributed by atoms with van der Waals surface area (Å²) in [5, 5.41) is 4.75.